The van der Waals surface area contributed by atoms with Crippen LogP contribution >= 0.6 is 15.9 Å². The number of rotatable bonds is 3. The van der Waals surface area contributed by atoms with Crippen LogP contribution in [0.25, 0.3) is 0 Å². The molecule has 2 amide bonds. The van der Waals surface area contributed by atoms with E-state index in [1.54, 1.807) is 37.3 Å². The molecule has 2 rings (SSSR count). The monoisotopic (exact) mass is 349 g/mol. The Labute approximate surface area is 131 Å². The number of nitrogens with one attached hydrogen (secondary N) is 2. The van der Waals surface area contributed by atoms with Crippen LogP contribution < -0.4 is 10.6 Å². The van der Waals surface area contributed by atoms with Gasteiger partial charge in [-0.15, -0.1) is 0 Å². The van der Waals surface area contributed by atoms with E-state index in [1.165, 1.54) is 0 Å². The number of urea groups is 1. The van der Waals surface area contributed by atoms with E-state index in [1.807, 2.05) is 13.0 Å². The second-order valence-corrected chi connectivity index (χ2v) is 5.50. The van der Waals surface area contributed by atoms with Gasteiger partial charge < -0.3 is 10.4 Å². The summed E-state index contributed by atoms with van der Waals surface area (Å²) in [5.41, 5.74) is 2.24. The van der Waals surface area contributed by atoms with Gasteiger partial charge in [0.1, 0.15) is 5.82 Å². The maximum atomic E-state index is 11.9. The fraction of sp³-hybridized carbons (Fsp3) is 0.200. The smallest absolute Gasteiger partial charge is 0.324 e. The van der Waals surface area contributed by atoms with Gasteiger partial charge in [-0.25, -0.2) is 9.78 Å². The summed E-state index contributed by atoms with van der Waals surface area (Å²) in [6.07, 6.45) is -0.525. The quantitative estimate of drug-likeness (QED) is 0.787. The number of carbonyl (C=O) groups excluding carboxylic acids is 1. The highest BCUT2D eigenvalue weighted by molar-refractivity contribution is 9.10. The van der Waals surface area contributed by atoms with Crippen LogP contribution in [0.3, 0.4) is 0 Å². The predicted octanol–water partition coefficient (Wildman–Crippen LogP) is 3.85. The summed E-state index contributed by atoms with van der Waals surface area (Å²) >= 11 is 3.36. The fourth-order valence-corrected chi connectivity index (χ4v) is 1.96. The summed E-state index contributed by atoms with van der Waals surface area (Å²) in [5, 5.41) is 14.8. The average molecular weight is 350 g/mol. The van der Waals surface area contributed by atoms with Gasteiger partial charge in [-0.05, 0) is 59.6 Å². The minimum absolute atomic E-state index is 0.367. The minimum Gasteiger partial charge on any atom is -0.389 e. The van der Waals surface area contributed by atoms with E-state index in [0.29, 0.717) is 11.5 Å². The number of halogens is 1. The molecular weight excluding hydrogens is 334 g/mol. The molecule has 21 heavy (non-hydrogen) atoms. The van der Waals surface area contributed by atoms with E-state index in [4.69, 9.17) is 0 Å². The van der Waals surface area contributed by atoms with Crippen molar-refractivity contribution in [3.8, 4) is 0 Å². The topological polar surface area (TPSA) is 74.2 Å². The maximum Gasteiger partial charge on any atom is 0.324 e. The molecule has 1 atom stereocenters. The zero-order valence-corrected chi connectivity index (χ0v) is 13.3. The number of benzene rings is 1. The molecule has 0 bridgehead atoms. The largest absolute Gasteiger partial charge is 0.389 e. The summed E-state index contributed by atoms with van der Waals surface area (Å²) in [5.74, 6) is 0.480. The molecule has 1 heterocycles. The van der Waals surface area contributed by atoms with Gasteiger partial charge in [0.25, 0.3) is 0 Å². The second-order valence-electron chi connectivity index (χ2n) is 4.64. The highest BCUT2D eigenvalue weighted by Crippen LogP contribution is 2.17. The van der Waals surface area contributed by atoms with Crippen LogP contribution in [-0.2, 0) is 0 Å². The molecule has 0 saturated carbocycles. The van der Waals surface area contributed by atoms with Gasteiger partial charge in [0, 0.05) is 10.2 Å². The molecule has 5 nitrogen and oxygen atoms in total. The van der Waals surface area contributed by atoms with Crippen LogP contribution in [0.5, 0.6) is 0 Å². The Kier molecular flexibility index (Phi) is 4.93. The molecule has 0 fully saturated rings. The SMILES string of the molecule is Cc1nc(NC(=O)Nc2ccc(C(C)O)cc2)ccc1Br. The molecule has 110 valence electrons. The fourth-order valence-electron chi connectivity index (χ4n) is 1.74. The third-order valence-corrected chi connectivity index (χ3v) is 3.75. The first-order valence-corrected chi connectivity index (χ1v) is 7.24. The number of anilines is 2. The van der Waals surface area contributed by atoms with Crippen molar-refractivity contribution in [1.29, 1.82) is 0 Å². The van der Waals surface area contributed by atoms with Gasteiger partial charge in [-0.3, -0.25) is 5.32 Å². The molecule has 1 unspecified atom stereocenters. The Morgan fingerprint density at radius 2 is 1.86 bits per heavy atom. The minimum atomic E-state index is -0.525. The van der Waals surface area contributed by atoms with Gasteiger partial charge in [0.05, 0.1) is 11.8 Å². The van der Waals surface area contributed by atoms with Crippen molar-refractivity contribution in [2.24, 2.45) is 0 Å². The third-order valence-electron chi connectivity index (χ3n) is 2.91. The molecule has 0 aliphatic carbocycles. The first kappa shape index (κ1) is 15.5. The Hall–Kier alpha value is -1.92. The number of aromatic nitrogens is 1. The van der Waals surface area contributed by atoms with Crippen molar-refractivity contribution < 1.29 is 9.90 Å². The number of aliphatic hydroxyl groups is 1. The van der Waals surface area contributed by atoms with Crippen LogP contribution in [0.15, 0.2) is 40.9 Å². The Bertz CT molecular complexity index is 642. The van der Waals surface area contributed by atoms with Crippen molar-refractivity contribution >= 4 is 33.5 Å². The number of pyridine rings is 1. The lowest BCUT2D eigenvalue weighted by molar-refractivity contribution is 0.199. The lowest BCUT2D eigenvalue weighted by atomic mass is 10.1. The summed E-state index contributed by atoms with van der Waals surface area (Å²) < 4.78 is 0.891. The van der Waals surface area contributed by atoms with Gasteiger partial charge in [-0.2, -0.15) is 0 Å². The van der Waals surface area contributed by atoms with E-state index >= 15 is 0 Å². The van der Waals surface area contributed by atoms with E-state index in [9.17, 15) is 9.90 Å². The molecule has 0 spiro atoms. The number of aliphatic hydroxyl groups excluding tert-OH is 1. The summed E-state index contributed by atoms with van der Waals surface area (Å²) in [6, 6.07) is 10.2. The molecule has 1 aromatic heterocycles. The van der Waals surface area contributed by atoms with E-state index in [-0.39, 0.29) is 6.03 Å². The number of nitrogens with zero attached hydrogens (tertiary/aromatic N) is 1. The van der Waals surface area contributed by atoms with Crippen LogP contribution in [0.2, 0.25) is 0 Å². The van der Waals surface area contributed by atoms with Crippen LogP contribution in [0.4, 0.5) is 16.3 Å². The molecule has 0 saturated heterocycles. The average Bonchev–Trinajstić information content (AvgIpc) is 2.43. The Morgan fingerprint density at radius 1 is 1.19 bits per heavy atom. The van der Waals surface area contributed by atoms with E-state index in [2.05, 4.69) is 31.5 Å². The standard InChI is InChI=1S/C15H16BrN3O2/c1-9-13(16)7-8-14(17-9)19-15(21)18-12-5-3-11(4-6-12)10(2)20/h3-8,10,20H,1-2H3,(H2,17,18,19,21). The number of hydrogen-bond donors (Lipinski definition) is 3. The lowest BCUT2D eigenvalue weighted by Crippen LogP contribution is -2.20. The Balaban J connectivity index is 1.99. The van der Waals surface area contributed by atoms with Gasteiger partial charge in [0.2, 0.25) is 0 Å². The summed E-state index contributed by atoms with van der Waals surface area (Å²) in [6.45, 7) is 3.54. The van der Waals surface area contributed by atoms with Crippen LogP contribution in [-0.4, -0.2) is 16.1 Å². The summed E-state index contributed by atoms with van der Waals surface area (Å²) in [7, 11) is 0. The van der Waals surface area contributed by atoms with Crippen molar-refractivity contribution in [2.75, 3.05) is 10.6 Å². The lowest BCUT2D eigenvalue weighted by Gasteiger charge is -2.09. The molecule has 2 aromatic rings. The zero-order valence-electron chi connectivity index (χ0n) is 11.7. The maximum absolute atomic E-state index is 11.9. The third kappa shape index (κ3) is 4.27. The summed E-state index contributed by atoms with van der Waals surface area (Å²) in [4.78, 5) is 16.1. The normalized spacial score (nSPS) is 11.8. The molecule has 0 aliphatic rings. The Morgan fingerprint density at radius 3 is 2.43 bits per heavy atom. The van der Waals surface area contributed by atoms with Crippen molar-refractivity contribution in [3.63, 3.8) is 0 Å². The molecule has 3 N–H and O–H groups in total. The molecule has 0 radical (unpaired) electrons. The van der Waals surface area contributed by atoms with Crippen molar-refractivity contribution in [1.82, 2.24) is 4.98 Å². The van der Waals surface area contributed by atoms with Crippen molar-refractivity contribution in [2.45, 2.75) is 20.0 Å². The van der Waals surface area contributed by atoms with Gasteiger partial charge >= 0.3 is 6.03 Å². The first-order valence-electron chi connectivity index (χ1n) is 6.45. The highest BCUT2D eigenvalue weighted by Gasteiger charge is 2.06. The number of aryl methyl sites for hydroxylation is 1. The van der Waals surface area contributed by atoms with E-state index < -0.39 is 6.10 Å². The second kappa shape index (κ2) is 6.69. The molecule has 1 aromatic carbocycles. The van der Waals surface area contributed by atoms with E-state index in [0.717, 1.165) is 15.7 Å². The predicted molar refractivity (Wildman–Crippen MR) is 86.4 cm³/mol. The number of amides is 2. The van der Waals surface area contributed by atoms with Gasteiger partial charge in [-0.1, -0.05) is 12.1 Å². The molecule has 0 aliphatic heterocycles. The van der Waals surface area contributed by atoms with Crippen LogP contribution in [0, 0.1) is 6.92 Å². The highest BCUT2D eigenvalue weighted by atomic mass is 79.9. The number of carbonyl (C=O) groups is 1. The molecule has 6 heteroatoms. The molecular formula is C15H16BrN3O2. The first-order chi connectivity index (χ1) is 9.95. The van der Waals surface area contributed by atoms with Gasteiger partial charge in [0.15, 0.2) is 0 Å². The van der Waals surface area contributed by atoms with Crippen molar-refractivity contribution in [3.05, 3.63) is 52.1 Å². The van der Waals surface area contributed by atoms with Crippen LogP contribution in [0.1, 0.15) is 24.3 Å². The number of hydrogen-bond acceptors (Lipinski definition) is 3. The zero-order chi connectivity index (χ0) is 15.4.